The molecular formula is C23H36N4O2. The molecule has 5 N–H and O–H groups in total. The molecular weight excluding hydrogens is 364 g/mol. The monoisotopic (exact) mass is 400 g/mol. The number of methoxy groups -OCH3 is 1. The minimum absolute atomic E-state index is 0.0464. The van der Waals surface area contributed by atoms with Crippen molar-refractivity contribution in [3.05, 3.63) is 47.3 Å². The molecule has 0 radical (unpaired) electrons. The lowest BCUT2D eigenvalue weighted by atomic mass is 10.1. The Morgan fingerprint density at radius 3 is 2.34 bits per heavy atom. The molecule has 1 heterocycles. The van der Waals surface area contributed by atoms with Crippen molar-refractivity contribution in [3.63, 3.8) is 0 Å². The lowest BCUT2D eigenvalue weighted by Crippen LogP contribution is -2.12. The molecule has 1 aromatic carbocycles. The first-order chi connectivity index (χ1) is 13.9. The largest absolute Gasteiger partial charge is 0.507 e. The van der Waals surface area contributed by atoms with Crippen LogP contribution in [0.25, 0.3) is 0 Å². The SMILES string of the molecule is CCCCCCCC.COc1ccc(C2=NCC=C(N)C(/C=C(/C)N)=N2)c(O)c1. The maximum atomic E-state index is 10.1. The second-order valence-corrected chi connectivity index (χ2v) is 7.01. The number of allylic oxidation sites excluding steroid dienone is 2. The van der Waals surface area contributed by atoms with Crippen LogP contribution in [0, 0.1) is 0 Å². The summed E-state index contributed by atoms with van der Waals surface area (Å²) in [4.78, 5) is 8.72. The van der Waals surface area contributed by atoms with Crippen molar-refractivity contribution in [2.24, 2.45) is 21.5 Å². The van der Waals surface area contributed by atoms with Crippen molar-refractivity contribution < 1.29 is 9.84 Å². The van der Waals surface area contributed by atoms with Crippen LogP contribution in [0.1, 0.15) is 64.9 Å². The van der Waals surface area contributed by atoms with E-state index in [9.17, 15) is 5.11 Å². The second-order valence-electron chi connectivity index (χ2n) is 7.01. The highest BCUT2D eigenvalue weighted by Crippen LogP contribution is 2.25. The molecule has 0 fully saturated rings. The number of unbranched alkanes of at least 4 members (excludes halogenated alkanes) is 5. The maximum Gasteiger partial charge on any atom is 0.159 e. The predicted octanol–water partition coefficient (Wildman–Crippen LogP) is 4.67. The molecule has 0 atom stereocenters. The van der Waals surface area contributed by atoms with Crippen molar-refractivity contribution in [1.82, 2.24) is 0 Å². The summed E-state index contributed by atoms with van der Waals surface area (Å²) in [6, 6.07) is 4.95. The highest BCUT2D eigenvalue weighted by Gasteiger charge is 2.13. The van der Waals surface area contributed by atoms with Gasteiger partial charge in [-0.05, 0) is 31.2 Å². The van der Waals surface area contributed by atoms with Gasteiger partial charge in [0, 0.05) is 11.8 Å². The van der Waals surface area contributed by atoms with Gasteiger partial charge in [0.2, 0.25) is 0 Å². The van der Waals surface area contributed by atoms with Gasteiger partial charge in [0.15, 0.2) is 5.84 Å². The third-order valence-electron chi connectivity index (χ3n) is 4.34. The summed E-state index contributed by atoms with van der Waals surface area (Å²) in [7, 11) is 1.54. The Hall–Kier alpha value is -2.76. The zero-order valence-corrected chi connectivity index (χ0v) is 18.2. The molecule has 6 nitrogen and oxygen atoms in total. The van der Waals surface area contributed by atoms with Crippen molar-refractivity contribution in [2.45, 2.75) is 59.3 Å². The van der Waals surface area contributed by atoms with Gasteiger partial charge in [-0.2, -0.15) is 0 Å². The summed E-state index contributed by atoms with van der Waals surface area (Å²) in [5, 5.41) is 10.1. The number of nitrogens with zero attached hydrogens (tertiary/aromatic N) is 2. The predicted molar refractivity (Wildman–Crippen MR) is 123 cm³/mol. The Morgan fingerprint density at radius 1 is 1.17 bits per heavy atom. The van der Waals surface area contributed by atoms with Crippen molar-refractivity contribution in [3.8, 4) is 11.5 Å². The average Bonchev–Trinajstić information content (AvgIpc) is 2.87. The molecule has 1 aliphatic heterocycles. The molecule has 1 aliphatic rings. The number of aromatic hydroxyl groups is 1. The number of rotatable bonds is 8. The van der Waals surface area contributed by atoms with Gasteiger partial charge in [-0.15, -0.1) is 0 Å². The Bertz CT molecular complexity index is 754. The second kappa shape index (κ2) is 13.4. The van der Waals surface area contributed by atoms with Crippen molar-refractivity contribution in [2.75, 3.05) is 13.7 Å². The number of hydrogen-bond acceptors (Lipinski definition) is 6. The lowest BCUT2D eigenvalue weighted by Gasteiger charge is -2.07. The molecule has 29 heavy (non-hydrogen) atoms. The van der Waals surface area contributed by atoms with E-state index in [4.69, 9.17) is 16.2 Å². The maximum absolute atomic E-state index is 10.1. The number of hydrogen-bond donors (Lipinski definition) is 3. The number of nitrogens with two attached hydrogens (primary N) is 2. The number of amidine groups is 1. The van der Waals surface area contributed by atoms with E-state index in [1.165, 1.54) is 51.7 Å². The van der Waals surface area contributed by atoms with Crippen LogP contribution in [0.15, 0.2) is 51.7 Å². The molecule has 2 rings (SSSR count). The third kappa shape index (κ3) is 8.85. The van der Waals surface area contributed by atoms with Crippen LogP contribution in [0.4, 0.5) is 0 Å². The summed E-state index contributed by atoms with van der Waals surface area (Å²) in [5.41, 5.74) is 13.7. The van der Waals surface area contributed by atoms with Crippen LogP contribution < -0.4 is 16.2 Å². The summed E-state index contributed by atoms with van der Waals surface area (Å²) < 4.78 is 5.06. The first-order valence-electron chi connectivity index (χ1n) is 10.3. The molecule has 0 aliphatic carbocycles. The van der Waals surface area contributed by atoms with E-state index in [0.29, 0.717) is 40.8 Å². The van der Waals surface area contributed by atoms with Gasteiger partial charge in [0.1, 0.15) is 11.5 Å². The molecule has 0 saturated carbocycles. The number of ether oxygens (including phenoxy) is 1. The molecule has 6 heteroatoms. The summed E-state index contributed by atoms with van der Waals surface area (Å²) in [5.74, 6) is 1.01. The van der Waals surface area contributed by atoms with Gasteiger partial charge in [0.05, 0.1) is 30.6 Å². The van der Waals surface area contributed by atoms with E-state index in [1.807, 2.05) is 0 Å². The first kappa shape index (κ1) is 24.3. The van der Waals surface area contributed by atoms with Gasteiger partial charge in [-0.1, -0.05) is 52.4 Å². The summed E-state index contributed by atoms with van der Waals surface area (Å²) in [6.07, 6.45) is 11.9. The molecule has 0 saturated heterocycles. The normalized spacial score (nSPS) is 14.1. The third-order valence-corrected chi connectivity index (χ3v) is 4.34. The van der Waals surface area contributed by atoms with Gasteiger partial charge in [-0.3, -0.25) is 4.99 Å². The zero-order chi connectivity index (χ0) is 21.6. The lowest BCUT2D eigenvalue weighted by molar-refractivity contribution is 0.407. The van der Waals surface area contributed by atoms with Gasteiger partial charge in [-0.25, -0.2) is 4.99 Å². The smallest absolute Gasteiger partial charge is 0.159 e. The Morgan fingerprint density at radius 2 is 1.83 bits per heavy atom. The van der Waals surface area contributed by atoms with E-state index in [-0.39, 0.29) is 5.75 Å². The molecule has 1 aromatic rings. The number of phenols is 1. The fourth-order valence-electron chi connectivity index (χ4n) is 2.71. The minimum Gasteiger partial charge on any atom is -0.507 e. The Kier molecular flexibility index (Phi) is 11.2. The topological polar surface area (TPSA) is 106 Å². The first-order valence-corrected chi connectivity index (χ1v) is 10.3. The quantitative estimate of drug-likeness (QED) is 0.551. The molecule has 0 bridgehead atoms. The molecule has 0 unspecified atom stereocenters. The van der Waals surface area contributed by atoms with E-state index in [2.05, 4.69) is 23.8 Å². The van der Waals surface area contributed by atoms with Crippen LogP contribution in [-0.2, 0) is 0 Å². The van der Waals surface area contributed by atoms with Gasteiger partial charge < -0.3 is 21.3 Å². The van der Waals surface area contributed by atoms with E-state index < -0.39 is 0 Å². The Balaban J connectivity index is 0.000000447. The minimum atomic E-state index is 0.0464. The van der Waals surface area contributed by atoms with Crippen LogP contribution in [0.5, 0.6) is 11.5 Å². The van der Waals surface area contributed by atoms with Gasteiger partial charge >= 0.3 is 0 Å². The molecule has 0 spiro atoms. The average molecular weight is 401 g/mol. The highest BCUT2D eigenvalue weighted by atomic mass is 16.5. The van der Waals surface area contributed by atoms with Crippen LogP contribution in [0.2, 0.25) is 0 Å². The van der Waals surface area contributed by atoms with Crippen molar-refractivity contribution in [1.29, 1.82) is 0 Å². The number of benzene rings is 1. The highest BCUT2D eigenvalue weighted by molar-refractivity contribution is 6.17. The summed E-state index contributed by atoms with van der Waals surface area (Å²) >= 11 is 0. The van der Waals surface area contributed by atoms with E-state index in [0.717, 1.165) is 0 Å². The number of aliphatic imine (C=N–C) groups is 2. The zero-order valence-electron chi connectivity index (χ0n) is 18.2. The van der Waals surface area contributed by atoms with Crippen LogP contribution in [0.3, 0.4) is 0 Å². The summed E-state index contributed by atoms with van der Waals surface area (Å²) in [6.45, 7) is 6.65. The van der Waals surface area contributed by atoms with Gasteiger partial charge in [0.25, 0.3) is 0 Å². The van der Waals surface area contributed by atoms with Crippen molar-refractivity contribution >= 4 is 11.5 Å². The van der Waals surface area contributed by atoms with E-state index >= 15 is 0 Å². The van der Waals surface area contributed by atoms with Crippen LogP contribution in [-0.4, -0.2) is 30.3 Å². The van der Waals surface area contributed by atoms with Crippen LogP contribution >= 0.6 is 0 Å². The molecule has 0 amide bonds. The molecule has 0 aromatic heterocycles. The fourth-order valence-corrected chi connectivity index (χ4v) is 2.71. The number of phenolic OH excluding ortho intramolecular Hbond substituents is 1. The Labute approximate surface area is 175 Å². The fraction of sp³-hybridized carbons (Fsp3) is 0.478. The molecule has 160 valence electrons. The van der Waals surface area contributed by atoms with E-state index in [1.54, 1.807) is 31.2 Å². The standard InChI is InChI=1S/C15H18N4O2.C8H18/c1-9(16)7-13-12(17)5-6-18-15(19-13)11-4-3-10(21-2)8-14(11)20;1-3-5-7-8-6-4-2/h3-5,7-8,20H,6,16-17H2,1-2H3;3-8H2,1-2H3/b9-7-;.